The van der Waals surface area contributed by atoms with Crippen molar-refractivity contribution in [2.45, 2.75) is 38.4 Å². The van der Waals surface area contributed by atoms with Crippen LogP contribution < -0.4 is 10.6 Å². The smallest absolute Gasteiger partial charge is 0.241 e. The first kappa shape index (κ1) is 14.2. The van der Waals surface area contributed by atoms with Crippen LogP contribution in [-0.2, 0) is 24.3 Å². The van der Waals surface area contributed by atoms with Gasteiger partial charge >= 0.3 is 0 Å². The quantitative estimate of drug-likeness (QED) is 0.762. The van der Waals surface area contributed by atoms with Crippen LogP contribution in [0.1, 0.15) is 23.4 Å². The third kappa shape index (κ3) is 4.64. The van der Waals surface area contributed by atoms with Gasteiger partial charge in [-0.25, -0.2) is 4.68 Å². The first-order chi connectivity index (χ1) is 10.3. The van der Waals surface area contributed by atoms with Gasteiger partial charge in [0.15, 0.2) is 0 Å². The highest BCUT2D eigenvalue weighted by Gasteiger charge is 2.20. The standard InChI is InChI=1S/C14H19N5OS/c20-14(15-6-5-13-2-1-7-21-13)10-19-9-12(17-18-19)8-16-11-3-4-11/h1-2,7,9,11,16H,3-6,8,10H2,(H,15,20). The van der Waals surface area contributed by atoms with Crippen LogP contribution in [0.5, 0.6) is 0 Å². The summed E-state index contributed by atoms with van der Waals surface area (Å²) < 4.78 is 1.59. The first-order valence-electron chi connectivity index (χ1n) is 7.21. The van der Waals surface area contributed by atoms with Crippen LogP contribution in [0.15, 0.2) is 23.7 Å². The summed E-state index contributed by atoms with van der Waals surface area (Å²) in [5.74, 6) is -0.0295. The third-order valence-electron chi connectivity index (χ3n) is 3.31. The molecule has 21 heavy (non-hydrogen) atoms. The molecule has 1 aliphatic rings. The highest BCUT2D eigenvalue weighted by atomic mass is 32.1. The highest BCUT2D eigenvalue weighted by molar-refractivity contribution is 7.09. The second kappa shape index (κ2) is 6.82. The fraction of sp³-hybridized carbons (Fsp3) is 0.500. The molecular formula is C14H19N5OS. The molecule has 3 rings (SSSR count). The zero-order chi connectivity index (χ0) is 14.5. The molecule has 0 spiro atoms. The highest BCUT2D eigenvalue weighted by Crippen LogP contribution is 2.18. The fourth-order valence-corrected chi connectivity index (χ4v) is 2.73. The number of nitrogens with one attached hydrogen (secondary N) is 2. The Kier molecular flexibility index (Phi) is 4.62. The molecular weight excluding hydrogens is 286 g/mol. The van der Waals surface area contributed by atoms with Crippen LogP contribution >= 0.6 is 11.3 Å². The summed E-state index contributed by atoms with van der Waals surface area (Å²) in [6.07, 6.45) is 5.20. The van der Waals surface area contributed by atoms with Crippen LogP contribution in [0, 0.1) is 0 Å². The number of hydrogen-bond acceptors (Lipinski definition) is 5. The minimum Gasteiger partial charge on any atom is -0.354 e. The molecule has 0 atom stereocenters. The van der Waals surface area contributed by atoms with E-state index in [0.29, 0.717) is 12.6 Å². The summed E-state index contributed by atoms with van der Waals surface area (Å²) in [6, 6.07) is 4.75. The second-order valence-corrected chi connectivity index (χ2v) is 6.27. The van der Waals surface area contributed by atoms with Crippen molar-refractivity contribution in [2.24, 2.45) is 0 Å². The molecule has 2 heterocycles. The van der Waals surface area contributed by atoms with Gasteiger partial charge in [0.1, 0.15) is 6.54 Å². The zero-order valence-electron chi connectivity index (χ0n) is 11.8. The lowest BCUT2D eigenvalue weighted by Crippen LogP contribution is -2.29. The van der Waals surface area contributed by atoms with Gasteiger partial charge in [0.05, 0.1) is 11.9 Å². The van der Waals surface area contributed by atoms with Crippen LogP contribution in [0.25, 0.3) is 0 Å². The summed E-state index contributed by atoms with van der Waals surface area (Å²) in [7, 11) is 0. The van der Waals surface area contributed by atoms with Crippen molar-refractivity contribution < 1.29 is 4.79 Å². The van der Waals surface area contributed by atoms with Gasteiger partial charge in [-0.2, -0.15) is 0 Å². The van der Waals surface area contributed by atoms with Crippen molar-refractivity contribution in [3.63, 3.8) is 0 Å². The van der Waals surface area contributed by atoms with Crippen molar-refractivity contribution in [1.82, 2.24) is 25.6 Å². The van der Waals surface area contributed by atoms with E-state index in [0.717, 1.165) is 18.7 Å². The molecule has 0 bridgehead atoms. The minimum atomic E-state index is -0.0295. The molecule has 1 fully saturated rings. The van der Waals surface area contributed by atoms with E-state index in [2.05, 4.69) is 27.0 Å². The Hall–Kier alpha value is -1.73. The number of carbonyl (C=O) groups is 1. The Labute approximate surface area is 127 Å². The molecule has 0 aliphatic heterocycles. The van der Waals surface area contributed by atoms with Gasteiger partial charge in [0.2, 0.25) is 5.91 Å². The van der Waals surface area contributed by atoms with Crippen molar-refractivity contribution in [2.75, 3.05) is 6.54 Å². The maximum absolute atomic E-state index is 11.8. The van der Waals surface area contributed by atoms with Gasteiger partial charge in [-0.3, -0.25) is 4.79 Å². The fourth-order valence-electron chi connectivity index (χ4n) is 2.02. The van der Waals surface area contributed by atoms with Crippen LogP contribution in [0.3, 0.4) is 0 Å². The number of thiophene rings is 1. The molecule has 1 amide bonds. The van der Waals surface area contributed by atoms with E-state index in [1.165, 1.54) is 17.7 Å². The van der Waals surface area contributed by atoms with Gasteiger partial charge < -0.3 is 10.6 Å². The number of amides is 1. The Morgan fingerprint density at radius 1 is 1.48 bits per heavy atom. The zero-order valence-corrected chi connectivity index (χ0v) is 12.6. The molecule has 0 unspecified atom stereocenters. The largest absolute Gasteiger partial charge is 0.354 e. The molecule has 1 saturated carbocycles. The van der Waals surface area contributed by atoms with E-state index < -0.39 is 0 Å². The lowest BCUT2D eigenvalue weighted by atomic mass is 10.3. The van der Waals surface area contributed by atoms with Gasteiger partial charge in [-0.1, -0.05) is 11.3 Å². The Morgan fingerprint density at radius 3 is 3.14 bits per heavy atom. The molecule has 0 saturated heterocycles. The van der Waals surface area contributed by atoms with Crippen LogP contribution in [0.2, 0.25) is 0 Å². The van der Waals surface area contributed by atoms with Crippen LogP contribution in [0.4, 0.5) is 0 Å². The summed E-state index contributed by atoms with van der Waals surface area (Å²) in [4.78, 5) is 13.1. The summed E-state index contributed by atoms with van der Waals surface area (Å²) in [6.45, 7) is 1.61. The van der Waals surface area contributed by atoms with E-state index in [1.54, 1.807) is 16.0 Å². The maximum atomic E-state index is 11.8. The topological polar surface area (TPSA) is 71.8 Å². The Balaban J connectivity index is 1.37. The molecule has 0 radical (unpaired) electrons. The monoisotopic (exact) mass is 305 g/mol. The van der Waals surface area contributed by atoms with Gasteiger partial charge in [-0.15, -0.1) is 16.4 Å². The predicted molar refractivity (Wildman–Crippen MR) is 80.9 cm³/mol. The molecule has 1 aliphatic carbocycles. The van der Waals surface area contributed by atoms with Gasteiger partial charge in [0.25, 0.3) is 0 Å². The average Bonchev–Trinajstić information content (AvgIpc) is 2.96. The maximum Gasteiger partial charge on any atom is 0.241 e. The van der Waals surface area contributed by atoms with Crippen molar-refractivity contribution in [1.29, 1.82) is 0 Å². The summed E-state index contributed by atoms with van der Waals surface area (Å²) >= 11 is 1.71. The third-order valence-corrected chi connectivity index (χ3v) is 4.25. The number of nitrogens with zero attached hydrogens (tertiary/aromatic N) is 3. The number of hydrogen-bond donors (Lipinski definition) is 2. The SMILES string of the molecule is O=C(Cn1cc(CNC2CC2)nn1)NCCc1cccs1. The van der Waals surface area contributed by atoms with E-state index >= 15 is 0 Å². The second-order valence-electron chi connectivity index (χ2n) is 5.24. The molecule has 112 valence electrons. The van der Waals surface area contributed by atoms with E-state index in [-0.39, 0.29) is 12.5 Å². The van der Waals surface area contributed by atoms with E-state index in [1.807, 2.05) is 17.6 Å². The summed E-state index contributed by atoms with van der Waals surface area (Å²) in [5.41, 5.74) is 0.883. The van der Waals surface area contributed by atoms with Gasteiger partial charge in [-0.05, 0) is 30.7 Å². The Morgan fingerprint density at radius 2 is 2.38 bits per heavy atom. The van der Waals surface area contributed by atoms with Crippen molar-refractivity contribution >= 4 is 17.2 Å². The molecule has 2 aromatic heterocycles. The van der Waals surface area contributed by atoms with Crippen molar-refractivity contribution in [3.05, 3.63) is 34.3 Å². The molecule has 2 aromatic rings. The van der Waals surface area contributed by atoms with E-state index in [9.17, 15) is 4.79 Å². The number of rotatable bonds is 8. The first-order valence-corrected chi connectivity index (χ1v) is 8.09. The summed E-state index contributed by atoms with van der Waals surface area (Å²) in [5, 5.41) is 16.4. The molecule has 0 aromatic carbocycles. The number of carbonyl (C=O) groups excluding carboxylic acids is 1. The van der Waals surface area contributed by atoms with Crippen molar-refractivity contribution in [3.8, 4) is 0 Å². The average molecular weight is 305 g/mol. The van der Waals surface area contributed by atoms with E-state index in [4.69, 9.17) is 0 Å². The molecule has 7 heteroatoms. The number of aromatic nitrogens is 3. The predicted octanol–water partition coefficient (Wildman–Crippen LogP) is 0.951. The molecule has 2 N–H and O–H groups in total. The molecule has 6 nitrogen and oxygen atoms in total. The van der Waals surface area contributed by atoms with Crippen LogP contribution in [-0.4, -0.2) is 33.5 Å². The van der Waals surface area contributed by atoms with Gasteiger partial charge in [0, 0.05) is 24.0 Å². The lowest BCUT2D eigenvalue weighted by Gasteiger charge is -2.03. The minimum absolute atomic E-state index is 0.0295. The normalized spacial score (nSPS) is 14.3. The lowest BCUT2D eigenvalue weighted by molar-refractivity contribution is -0.121. The Bertz CT molecular complexity index is 576.